The molecule has 1 aromatic carbocycles. The molecule has 138 valence electrons. The first kappa shape index (κ1) is 16.6. The van der Waals surface area contributed by atoms with Gasteiger partial charge in [-0.3, -0.25) is 9.69 Å². The lowest BCUT2D eigenvalue weighted by molar-refractivity contribution is -0.121. The van der Waals surface area contributed by atoms with E-state index < -0.39 is 0 Å². The molecule has 3 aromatic rings. The molecule has 0 atom stereocenters. The minimum Gasteiger partial charge on any atom is -0.339 e. The number of aryl methyl sites for hydroxylation is 1. The lowest BCUT2D eigenvalue weighted by Gasteiger charge is -2.38. The summed E-state index contributed by atoms with van der Waals surface area (Å²) in [6, 6.07) is 10.2. The quantitative estimate of drug-likeness (QED) is 0.696. The van der Waals surface area contributed by atoms with Crippen LogP contribution in [0.3, 0.4) is 0 Å². The highest BCUT2D eigenvalue weighted by Crippen LogP contribution is 2.30. The highest BCUT2D eigenvalue weighted by Gasteiger charge is 2.35. The number of hydrogen-bond donors (Lipinski definition) is 0. The SMILES string of the molecule is O=C(CN1CC(c2nc(-c3ccsc3)no2)C1)N1CCCc2ccccc21. The van der Waals surface area contributed by atoms with Crippen molar-refractivity contribution in [1.29, 1.82) is 0 Å². The maximum absolute atomic E-state index is 12.8. The van der Waals surface area contributed by atoms with Crippen molar-refractivity contribution >= 4 is 22.9 Å². The largest absolute Gasteiger partial charge is 0.339 e. The Hall–Kier alpha value is -2.51. The van der Waals surface area contributed by atoms with Crippen LogP contribution in [-0.2, 0) is 11.2 Å². The average Bonchev–Trinajstić information content (AvgIpc) is 3.35. The molecule has 27 heavy (non-hydrogen) atoms. The van der Waals surface area contributed by atoms with Crippen molar-refractivity contribution in [3.63, 3.8) is 0 Å². The first-order valence-electron chi connectivity index (χ1n) is 9.25. The Bertz CT molecular complexity index is 947. The molecule has 7 heteroatoms. The van der Waals surface area contributed by atoms with Gasteiger partial charge in [0.2, 0.25) is 17.6 Å². The lowest BCUT2D eigenvalue weighted by atomic mass is 9.99. The Morgan fingerprint density at radius 2 is 2.15 bits per heavy atom. The number of likely N-dealkylation sites (tertiary alicyclic amines) is 1. The zero-order valence-electron chi connectivity index (χ0n) is 14.9. The fourth-order valence-electron chi connectivity index (χ4n) is 3.83. The number of thiophene rings is 1. The molecule has 0 bridgehead atoms. The second-order valence-corrected chi connectivity index (χ2v) is 7.92. The van der Waals surface area contributed by atoms with Gasteiger partial charge in [-0.2, -0.15) is 16.3 Å². The number of aromatic nitrogens is 2. The maximum atomic E-state index is 12.8. The number of rotatable bonds is 4. The Balaban J connectivity index is 1.19. The number of amides is 1. The molecule has 0 saturated carbocycles. The van der Waals surface area contributed by atoms with Crippen LogP contribution in [0.2, 0.25) is 0 Å². The van der Waals surface area contributed by atoms with Gasteiger partial charge in [0.25, 0.3) is 0 Å². The molecule has 0 aliphatic carbocycles. The van der Waals surface area contributed by atoms with Crippen molar-refractivity contribution < 1.29 is 9.32 Å². The molecule has 0 spiro atoms. The Morgan fingerprint density at radius 1 is 1.26 bits per heavy atom. The summed E-state index contributed by atoms with van der Waals surface area (Å²) in [5.74, 6) is 1.70. The molecule has 0 radical (unpaired) electrons. The highest BCUT2D eigenvalue weighted by atomic mass is 32.1. The number of anilines is 1. The van der Waals surface area contributed by atoms with Crippen LogP contribution >= 0.6 is 11.3 Å². The lowest BCUT2D eigenvalue weighted by Crippen LogP contribution is -2.51. The summed E-state index contributed by atoms with van der Waals surface area (Å²) in [6.45, 7) is 2.82. The molecular weight excluding hydrogens is 360 g/mol. The Labute approximate surface area is 161 Å². The summed E-state index contributed by atoms with van der Waals surface area (Å²) in [4.78, 5) is 21.4. The topological polar surface area (TPSA) is 62.5 Å². The zero-order chi connectivity index (χ0) is 18.2. The van der Waals surface area contributed by atoms with Gasteiger partial charge in [-0.05, 0) is 35.9 Å². The molecule has 0 N–H and O–H groups in total. The fraction of sp³-hybridized carbons (Fsp3) is 0.350. The third-order valence-corrected chi connectivity index (χ3v) is 5.98. The molecule has 6 nitrogen and oxygen atoms in total. The molecule has 4 heterocycles. The molecule has 1 saturated heterocycles. The van der Waals surface area contributed by atoms with Gasteiger partial charge in [0.1, 0.15) is 0 Å². The number of fused-ring (bicyclic) bond motifs is 1. The zero-order valence-corrected chi connectivity index (χ0v) is 15.7. The second-order valence-electron chi connectivity index (χ2n) is 7.14. The van der Waals surface area contributed by atoms with Gasteiger partial charge in [-0.1, -0.05) is 23.4 Å². The Kier molecular flexibility index (Phi) is 4.26. The monoisotopic (exact) mass is 380 g/mol. The van der Waals surface area contributed by atoms with Crippen molar-refractivity contribution in [2.24, 2.45) is 0 Å². The molecular formula is C20H20N4O2S. The van der Waals surface area contributed by atoms with Crippen molar-refractivity contribution in [1.82, 2.24) is 15.0 Å². The van der Waals surface area contributed by atoms with Crippen molar-refractivity contribution in [2.45, 2.75) is 18.8 Å². The number of nitrogens with zero attached hydrogens (tertiary/aromatic N) is 4. The number of hydrogen-bond acceptors (Lipinski definition) is 6. The third-order valence-electron chi connectivity index (χ3n) is 5.30. The summed E-state index contributed by atoms with van der Waals surface area (Å²) in [6.07, 6.45) is 2.08. The van der Waals surface area contributed by atoms with Crippen molar-refractivity contribution in [3.8, 4) is 11.4 Å². The van der Waals surface area contributed by atoms with Crippen LogP contribution < -0.4 is 4.90 Å². The third kappa shape index (κ3) is 3.17. The Morgan fingerprint density at radius 3 is 3.00 bits per heavy atom. The predicted molar refractivity (Wildman–Crippen MR) is 104 cm³/mol. The van der Waals surface area contributed by atoms with Crippen LogP contribution in [-0.4, -0.2) is 47.1 Å². The molecule has 2 aliphatic rings. The first-order valence-corrected chi connectivity index (χ1v) is 10.2. The van der Waals surface area contributed by atoms with Gasteiger partial charge >= 0.3 is 0 Å². The fourth-order valence-corrected chi connectivity index (χ4v) is 4.47. The first-order chi connectivity index (χ1) is 13.3. The molecule has 1 amide bonds. The van der Waals surface area contributed by atoms with Crippen molar-refractivity contribution in [3.05, 3.63) is 52.5 Å². The summed E-state index contributed by atoms with van der Waals surface area (Å²) in [5, 5.41) is 8.08. The molecule has 2 aliphatic heterocycles. The minimum absolute atomic E-state index is 0.171. The number of benzene rings is 1. The molecule has 2 aromatic heterocycles. The van der Waals surface area contributed by atoms with Gasteiger partial charge in [-0.25, -0.2) is 0 Å². The van der Waals surface area contributed by atoms with Crippen LogP contribution in [0, 0.1) is 0 Å². The van der Waals surface area contributed by atoms with E-state index in [1.54, 1.807) is 11.3 Å². The minimum atomic E-state index is 0.171. The van der Waals surface area contributed by atoms with Crippen LogP contribution in [0.4, 0.5) is 5.69 Å². The van der Waals surface area contributed by atoms with Gasteiger partial charge in [0.15, 0.2) is 0 Å². The van der Waals surface area contributed by atoms with Gasteiger partial charge in [-0.15, -0.1) is 0 Å². The number of carbonyl (C=O) groups excluding carboxylic acids is 1. The molecule has 0 unspecified atom stereocenters. The van der Waals surface area contributed by atoms with E-state index >= 15 is 0 Å². The van der Waals surface area contributed by atoms with Crippen LogP contribution in [0.5, 0.6) is 0 Å². The second kappa shape index (κ2) is 6.90. The predicted octanol–water partition coefficient (Wildman–Crippen LogP) is 3.18. The van der Waals surface area contributed by atoms with Gasteiger partial charge in [0, 0.05) is 36.3 Å². The van der Waals surface area contributed by atoms with Crippen molar-refractivity contribution in [2.75, 3.05) is 31.1 Å². The summed E-state index contributed by atoms with van der Waals surface area (Å²) < 4.78 is 5.43. The maximum Gasteiger partial charge on any atom is 0.241 e. The van der Waals surface area contributed by atoms with E-state index in [1.807, 2.05) is 33.9 Å². The average molecular weight is 380 g/mol. The summed E-state index contributed by atoms with van der Waals surface area (Å²) in [5.41, 5.74) is 3.33. The molecule has 1 fully saturated rings. The van der Waals surface area contributed by atoms with Gasteiger partial charge in [0.05, 0.1) is 12.5 Å². The van der Waals surface area contributed by atoms with E-state index in [9.17, 15) is 4.79 Å². The summed E-state index contributed by atoms with van der Waals surface area (Å²) >= 11 is 1.62. The van der Waals surface area contributed by atoms with Crippen LogP contribution in [0.1, 0.15) is 23.8 Å². The van der Waals surface area contributed by atoms with Gasteiger partial charge < -0.3 is 9.42 Å². The smallest absolute Gasteiger partial charge is 0.241 e. The number of carbonyl (C=O) groups is 1. The van der Waals surface area contributed by atoms with Crippen LogP contribution in [0.25, 0.3) is 11.4 Å². The van der Waals surface area contributed by atoms with E-state index in [0.717, 1.165) is 43.7 Å². The molecule has 5 rings (SSSR count). The van der Waals surface area contributed by atoms with E-state index in [0.29, 0.717) is 18.3 Å². The summed E-state index contributed by atoms with van der Waals surface area (Å²) in [7, 11) is 0. The highest BCUT2D eigenvalue weighted by molar-refractivity contribution is 7.08. The standard InChI is InChI=1S/C20H20N4O2S/c25-18(24-8-3-5-14-4-1-2-6-17(14)24)12-23-10-16(11-23)20-21-19(22-26-20)15-7-9-27-13-15/h1-2,4,6-7,9,13,16H,3,5,8,10-12H2. The number of para-hydroxylation sites is 1. The van der Waals surface area contributed by atoms with E-state index in [2.05, 4.69) is 27.2 Å². The van der Waals surface area contributed by atoms with E-state index in [1.165, 1.54) is 5.56 Å². The van der Waals surface area contributed by atoms with E-state index in [-0.39, 0.29) is 11.8 Å². The van der Waals surface area contributed by atoms with E-state index in [4.69, 9.17) is 4.52 Å². The van der Waals surface area contributed by atoms with Crippen LogP contribution in [0.15, 0.2) is 45.6 Å². The normalized spacial score (nSPS) is 17.6.